The molecule has 0 radical (unpaired) electrons. The number of hydrogen-bond acceptors (Lipinski definition) is 4. The monoisotopic (exact) mass is 348 g/mol. The maximum absolute atomic E-state index is 13.0. The maximum Gasteiger partial charge on any atom is 0.254 e. The summed E-state index contributed by atoms with van der Waals surface area (Å²) in [6.07, 6.45) is 4.62. The second kappa shape index (κ2) is 6.32. The van der Waals surface area contributed by atoms with E-state index in [1.807, 2.05) is 17.9 Å². The fourth-order valence-corrected chi connectivity index (χ4v) is 3.31. The van der Waals surface area contributed by atoms with Gasteiger partial charge in [0.1, 0.15) is 5.76 Å². The van der Waals surface area contributed by atoms with E-state index in [1.165, 1.54) is 0 Å². The van der Waals surface area contributed by atoms with Gasteiger partial charge in [0, 0.05) is 17.3 Å². The third kappa shape index (κ3) is 3.79. The molecule has 1 atom stereocenters. The predicted molar refractivity (Wildman–Crippen MR) is 91.2 cm³/mol. The molecule has 1 amide bonds. The predicted octanol–water partition coefficient (Wildman–Crippen LogP) is 3.02. The molecule has 1 N–H and O–H groups in total. The van der Waals surface area contributed by atoms with Gasteiger partial charge in [0.2, 0.25) is 10.0 Å². The fraction of sp³-hybridized carbons (Fsp3) is 0.353. The van der Waals surface area contributed by atoms with Crippen molar-refractivity contribution in [3.8, 4) is 0 Å². The number of furan rings is 1. The third-order valence-corrected chi connectivity index (χ3v) is 4.57. The average molecular weight is 348 g/mol. The van der Waals surface area contributed by atoms with Gasteiger partial charge < -0.3 is 9.32 Å². The minimum Gasteiger partial charge on any atom is -0.467 e. The molecule has 1 fully saturated rings. The Kier molecular flexibility index (Phi) is 4.36. The quantitative estimate of drug-likeness (QED) is 0.870. The second-order valence-electron chi connectivity index (χ2n) is 6.09. The first-order valence-electron chi connectivity index (χ1n) is 7.79. The Hall–Kier alpha value is -2.28. The summed E-state index contributed by atoms with van der Waals surface area (Å²) in [4.78, 5) is 14.8. The number of hydrogen-bond donors (Lipinski definition) is 1. The lowest BCUT2D eigenvalue weighted by Crippen LogP contribution is -2.35. The Morgan fingerprint density at radius 1 is 1.29 bits per heavy atom. The van der Waals surface area contributed by atoms with Crippen molar-refractivity contribution in [2.24, 2.45) is 0 Å². The van der Waals surface area contributed by atoms with Crippen LogP contribution in [0, 0.1) is 0 Å². The summed E-state index contributed by atoms with van der Waals surface area (Å²) < 4.78 is 30.6. The number of nitrogens with one attached hydrogen (secondary N) is 1. The van der Waals surface area contributed by atoms with Crippen molar-refractivity contribution < 1.29 is 17.6 Å². The van der Waals surface area contributed by atoms with E-state index in [9.17, 15) is 13.2 Å². The summed E-state index contributed by atoms with van der Waals surface area (Å²) in [5, 5.41) is 0. The van der Waals surface area contributed by atoms with E-state index in [4.69, 9.17) is 4.42 Å². The molecule has 1 aromatic carbocycles. The van der Waals surface area contributed by atoms with E-state index in [-0.39, 0.29) is 18.0 Å². The van der Waals surface area contributed by atoms with E-state index in [1.54, 1.807) is 36.6 Å². The zero-order chi connectivity index (χ0) is 17.3. The third-order valence-electron chi connectivity index (χ3n) is 3.96. The Labute approximate surface area is 141 Å². The number of rotatable bonds is 6. The number of amides is 1. The molecule has 24 heavy (non-hydrogen) atoms. The Balaban J connectivity index is 1.87. The molecule has 1 heterocycles. The molecular weight excluding hydrogens is 328 g/mol. The molecule has 1 saturated carbocycles. The zero-order valence-electron chi connectivity index (χ0n) is 13.6. The van der Waals surface area contributed by atoms with Gasteiger partial charge in [-0.3, -0.25) is 9.52 Å². The number of carbonyl (C=O) groups excluding carboxylic acids is 1. The molecular formula is C17H20N2O4S. The Morgan fingerprint density at radius 3 is 2.62 bits per heavy atom. The van der Waals surface area contributed by atoms with Crippen molar-refractivity contribution in [3.63, 3.8) is 0 Å². The molecule has 1 aliphatic carbocycles. The van der Waals surface area contributed by atoms with Crippen LogP contribution in [0.5, 0.6) is 0 Å². The number of anilines is 1. The average Bonchev–Trinajstić information content (AvgIpc) is 3.18. The Morgan fingerprint density at radius 2 is 2.04 bits per heavy atom. The van der Waals surface area contributed by atoms with Crippen LogP contribution in [0.4, 0.5) is 5.69 Å². The van der Waals surface area contributed by atoms with Gasteiger partial charge in [0.05, 0.1) is 18.6 Å². The summed E-state index contributed by atoms with van der Waals surface area (Å²) in [6.45, 7) is 1.94. The van der Waals surface area contributed by atoms with Gasteiger partial charge in [-0.05, 0) is 50.1 Å². The zero-order valence-corrected chi connectivity index (χ0v) is 14.4. The van der Waals surface area contributed by atoms with Crippen molar-refractivity contribution in [3.05, 3.63) is 54.0 Å². The minimum absolute atomic E-state index is 0.126. The first-order valence-corrected chi connectivity index (χ1v) is 9.68. The van der Waals surface area contributed by atoms with Crippen LogP contribution in [0.25, 0.3) is 0 Å². The fourth-order valence-electron chi connectivity index (χ4n) is 2.76. The molecule has 6 nitrogen and oxygen atoms in total. The second-order valence-corrected chi connectivity index (χ2v) is 7.84. The SMILES string of the molecule is C[C@@H](c1ccco1)N(C(=O)c1cccc(NS(C)(=O)=O)c1)C1CC1. The van der Waals surface area contributed by atoms with Crippen LogP contribution in [0.15, 0.2) is 47.1 Å². The van der Waals surface area contributed by atoms with Gasteiger partial charge in [-0.2, -0.15) is 0 Å². The standard InChI is InChI=1S/C17H20N2O4S/c1-12(16-7-4-10-23-16)19(15-8-9-15)17(20)13-5-3-6-14(11-13)18-24(2,21)22/h3-7,10-12,15,18H,8-9H2,1-2H3/t12-/m0/s1. The lowest BCUT2D eigenvalue weighted by Gasteiger charge is -2.28. The molecule has 2 aromatic rings. The van der Waals surface area contributed by atoms with E-state index >= 15 is 0 Å². The van der Waals surface area contributed by atoms with Crippen LogP contribution in [0.1, 0.15) is 41.9 Å². The van der Waals surface area contributed by atoms with Crippen molar-refractivity contribution in [1.29, 1.82) is 0 Å². The first kappa shape index (κ1) is 16.6. The highest BCUT2D eigenvalue weighted by molar-refractivity contribution is 7.92. The van der Waals surface area contributed by atoms with Crippen molar-refractivity contribution >= 4 is 21.6 Å². The maximum atomic E-state index is 13.0. The minimum atomic E-state index is -3.39. The van der Waals surface area contributed by atoms with Crippen molar-refractivity contribution in [1.82, 2.24) is 4.90 Å². The lowest BCUT2D eigenvalue weighted by molar-refractivity contribution is 0.0653. The molecule has 7 heteroatoms. The summed E-state index contributed by atoms with van der Waals surface area (Å²) in [5.74, 6) is 0.610. The summed E-state index contributed by atoms with van der Waals surface area (Å²) in [7, 11) is -3.39. The smallest absolute Gasteiger partial charge is 0.254 e. The van der Waals surface area contributed by atoms with Gasteiger partial charge in [0.25, 0.3) is 5.91 Å². The molecule has 3 rings (SSSR count). The summed E-state index contributed by atoms with van der Waals surface area (Å²) in [6, 6.07) is 10.2. The molecule has 128 valence electrons. The van der Waals surface area contributed by atoms with E-state index in [0.29, 0.717) is 11.3 Å². The van der Waals surface area contributed by atoms with Crippen LogP contribution >= 0.6 is 0 Å². The first-order chi connectivity index (χ1) is 11.3. The molecule has 0 saturated heterocycles. The van der Waals surface area contributed by atoms with Gasteiger partial charge >= 0.3 is 0 Å². The molecule has 1 aliphatic rings. The summed E-state index contributed by atoms with van der Waals surface area (Å²) >= 11 is 0. The van der Waals surface area contributed by atoms with Gasteiger partial charge in [-0.1, -0.05) is 6.07 Å². The number of sulfonamides is 1. The highest BCUT2D eigenvalue weighted by Crippen LogP contribution is 2.36. The lowest BCUT2D eigenvalue weighted by atomic mass is 10.1. The van der Waals surface area contributed by atoms with Crippen molar-refractivity contribution in [2.75, 3.05) is 11.0 Å². The molecule has 0 unspecified atom stereocenters. The Bertz CT molecular complexity index is 826. The van der Waals surface area contributed by atoms with Crippen LogP contribution < -0.4 is 4.72 Å². The van der Waals surface area contributed by atoms with Gasteiger partial charge in [-0.15, -0.1) is 0 Å². The van der Waals surface area contributed by atoms with E-state index < -0.39 is 10.0 Å². The summed E-state index contributed by atoms with van der Waals surface area (Å²) in [5.41, 5.74) is 0.832. The van der Waals surface area contributed by atoms with Crippen LogP contribution in [-0.4, -0.2) is 31.5 Å². The highest BCUT2D eigenvalue weighted by Gasteiger charge is 2.37. The molecule has 0 spiro atoms. The number of carbonyl (C=O) groups is 1. The molecule has 0 aliphatic heterocycles. The number of benzene rings is 1. The normalized spacial score (nSPS) is 15.8. The largest absolute Gasteiger partial charge is 0.467 e. The van der Waals surface area contributed by atoms with Crippen molar-refractivity contribution in [2.45, 2.75) is 31.8 Å². The van der Waals surface area contributed by atoms with Crippen LogP contribution in [0.2, 0.25) is 0 Å². The molecule has 0 bridgehead atoms. The number of nitrogens with zero attached hydrogens (tertiary/aromatic N) is 1. The topological polar surface area (TPSA) is 79.6 Å². The van der Waals surface area contributed by atoms with E-state index in [0.717, 1.165) is 24.9 Å². The van der Waals surface area contributed by atoms with E-state index in [2.05, 4.69) is 4.72 Å². The highest BCUT2D eigenvalue weighted by atomic mass is 32.2. The van der Waals surface area contributed by atoms with Crippen LogP contribution in [-0.2, 0) is 10.0 Å². The van der Waals surface area contributed by atoms with Gasteiger partial charge in [-0.25, -0.2) is 8.42 Å². The van der Waals surface area contributed by atoms with Gasteiger partial charge in [0.15, 0.2) is 0 Å². The van der Waals surface area contributed by atoms with Crippen LogP contribution in [0.3, 0.4) is 0 Å². The molecule has 1 aromatic heterocycles.